The second-order valence-electron chi connectivity index (χ2n) is 8.16. The smallest absolute Gasteiger partial charge is 0.257 e. The van der Waals surface area contributed by atoms with Crippen LogP contribution in [0.5, 0.6) is 5.75 Å². The highest BCUT2D eigenvalue weighted by molar-refractivity contribution is 6.18. The number of amides is 1. The molecule has 2 fully saturated rings. The van der Waals surface area contributed by atoms with E-state index in [0.717, 1.165) is 56.3 Å². The third-order valence-electron chi connectivity index (χ3n) is 5.87. The van der Waals surface area contributed by atoms with Gasteiger partial charge in [0.15, 0.2) is 0 Å². The fraction of sp³-hybridized carbons (Fsp3) is 0.385. The van der Waals surface area contributed by atoms with Crippen molar-refractivity contribution >= 4 is 17.3 Å². The molecule has 2 aromatic carbocycles. The Kier molecular flexibility index (Phi) is 7.75. The predicted molar refractivity (Wildman–Crippen MR) is 129 cm³/mol. The monoisotopic (exact) mass is 449 g/mol. The van der Waals surface area contributed by atoms with Crippen LogP contribution >= 0.6 is 0 Å². The zero-order valence-electron chi connectivity index (χ0n) is 19.3. The molecule has 174 valence electrons. The second kappa shape index (κ2) is 11.1. The molecule has 7 heteroatoms. The van der Waals surface area contributed by atoms with E-state index in [9.17, 15) is 4.79 Å². The fourth-order valence-electron chi connectivity index (χ4n) is 4.14. The Morgan fingerprint density at radius 1 is 1.12 bits per heavy atom. The van der Waals surface area contributed by atoms with Crippen LogP contribution in [0.2, 0.25) is 0 Å². The van der Waals surface area contributed by atoms with Crippen molar-refractivity contribution in [2.45, 2.75) is 19.4 Å². The minimum atomic E-state index is -0.168. The number of ether oxygens (including phenoxy) is 2. The number of hydrogen-bond acceptors (Lipinski definition) is 6. The average Bonchev–Trinajstić information content (AvgIpc) is 2.86. The lowest BCUT2D eigenvalue weighted by Gasteiger charge is -2.43. The number of allylic oxidation sites excluding steroid dienone is 1. The molecule has 0 radical (unpaired) electrons. The third kappa shape index (κ3) is 5.61. The molecule has 1 amide bonds. The van der Waals surface area contributed by atoms with Crippen molar-refractivity contribution in [1.29, 1.82) is 0 Å². The van der Waals surface area contributed by atoms with Gasteiger partial charge in [-0.25, -0.2) is 0 Å². The fourth-order valence-corrected chi connectivity index (χ4v) is 4.14. The third-order valence-corrected chi connectivity index (χ3v) is 5.87. The number of β-lactam (4-membered cyclic amide) rings is 1. The van der Waals surface area contributed by atoms with Crippen molar-refractivity contribution in [1.82, 2.24) is 4.90 Å². The topological polar surface area (TPSA) is 63.6 Å². The van der Waals surface area contributed by atoms with E-state index in [4.69, 9.17) is 14.3 Å². The summed E-state index contributed by atoms with van der Waals surface area (Å²) in [5.74, 6) is 0.725. The summed E-state index contributed by atoms with van der Waals surface area (Å²) >= 11 is 0. The molecule has 0 saturated carbocycles. The largest absolute Gasteiger partial charge is 0.497 e. The van der Waals surface area contributed by atoms with E-state index in [1.807, 2.05) is 67.6 Å². The van der Waals surface area contributed by atoms with Crippen LogP contribution in [0, 0.1) is 0 Å². The van der Waals surface area contributed by atoms with E-state index in [1.54, 1.807) is 12.0 Å². The molecule has 2 aliphatic rings. The first-order chi connectivity index (χ1) is 16.2. The van der Waals surface area contributed by atoms with Crippen molar-refractivity contribution < 1.29 is 19.1 Å². The summed E-state index contributed by atoms with van der Waals surface area (Å²) in [7, 11) is 1.63. The number of carbonyl (C=O) groups is 1. The van der Waals surface area contributed by atoms with Gasteiger partial charge in [-0.15, -0.1) is 0 Å². The van der Waals surface area contributed by atoms with Crippen molar-refractivity contribution in [3.8, 4) is 5.75 Å². The van der Waals surface area contributed by atoms with Gasteiger partial charge in [-0.2, -0.15) is 0 Å². The van der Waals surface area contributed by atoms with Gasteiger partial charge in [-0.05, 0) is 49.2 Å². The first-order valence-corrected chi connectivity index (χ1v) is 11.4. The van der Waals surface area contributed by atoms with E-state index in [-0.39, 0.29) is 11.9 Å². The highest BCUT2D eigenvalue weighted by Crippen LogP contribution is 2.43. The maximum Gasteiger partial charge on any atom is 0.257 e. The van der Waals surface area contributed by atoms with Crippen LogP contribution in [0.1, 0.15) is 24.9 Å². The number of morpholine rings is 1. The maximum absolute atomic E-state index is 13.1. The molecule has 2 saturated heterocycles. The summed E-state index contributed by atoms with van der Waals surface area (Å²) in [6.45, 7) is 6.94. The molecule has 7 nitrogen and oxygen atoms in total. The average molecular weight is 450 g/mol. The lowest BCUT2D eigenvalue weighted by Crippen LogP contribution is -2.49. The van der Waals surface area contributed by atoms with Gasteiger partial charge in [0.1, 0.15) is 12.4 Å². The standard InChI is InChI=1S/C26H31N3O4/c1-20(27-33-16-6-13-28-14-17-32-18-15-28)19-24-25(21-7-4-3-5-8-21)29(26(24)30)22-9-11-23(31-2)12-10-22/h3-5,7-12,19,25H,6,13-18H2,1-2H3/b24-19+,27-20?. The highest BCUT2D eigenvalue weighted by Gasteiger charge is 2.43. The lowest BCUT2D eigenvalue weighted by atomic mass is 9.86. The molecule has 0 N–H and O–H groups in total. The van der Waals surface area contributed by atoms with Crippen LogP contribution in [-0.2, 0) is 14.4 Å². The molecule has 0 spiro atoms. The molecule has 2 aliphatic heterocycles. The van der Waals surface area contributed by atoms with Crippen LogP contribution in [0.3, 0.4) is 0 Å². The van der Waals surface area contributed by atoms with Gasteiger partial charge >= 0.3 is 0 Å². The molecule has 4 rings (SSSR count). The molecule has 1 unspecified atom stereocenters. The van der Waals surface area contributed by atoms with Crippen LogP contribution in [0.4, 0.5) is 5.69 Å². The summed E-state index contributed by atoms with van der Waals surface area (Å²) < 4.78 is 10.6. The number of carbonyl (C=O) groups excluding carboxylic acids is 1. The number of methoxy groups -OCH3 is 1. The van der Waals surface area contributed by atoms with Crippen molar-refractivity contribution in [3.05, 3.63) is 71.8 Å². The SMILES string of the molecule is COc1ccc(N2C(=O)/C(=C/C(C)=NOCCCN3CCOCC3)C2c2ccccc2)cc1. The Balaban J connectivity index is 1.42. The Morgan fingerprint density at radius 3 is 2.55 bits per heavy atom. The summed E-state index contributed by atoms with van der Waals surface area (Å²) in [5, 5.41) is 4.22. The Bertz CT molecular complexity index is 982. The predicted octanol–water partition coefficient (Wildman–Crippen LogP) is 3.82. The van der Waals surface area contributed by atoms with Gasteiger partial charge in [0.05, 0.1) is 32.1 Å². The number of rotatable bonds is 9. The molecule has 1 atom stereocenters. The molecule has 33 heavy (non-hydrogen) atoms. The molecule has 0 bridgehead atoms. The summed E-state index contributed by atoms with van der Waals surface area (Å²) in [6, 6.07) is 17.4. The molecular weight excluding hydrogens is 418 g/mol. The van der Waals surface area contributed by atoms with Crippen molar-refractivity contribution in [3.63, 3.8) is 0 Å². The van der Waals surface area contributed by atoms with Gasteiger partial charge in [-0.3, -0.25) is 14.6 Å². The Hall–Kier alpha value is -3.16. The molecular formula is C26H31N3O4. The van der Waals surface area contributed by atoms with Crippen LogP contribution in [-0.4, -0.2) is 63.1 Å². The van der Waals surface area contributed by atoms with Crippen molar-refractivity contribution in [2.75, 3.05) is 51.5 Å². The Labute approximate surface area is 195 Å². The van der Waals surface area contributed by atoms with Crippen LogP contribution in [0.25, 0.3) is 0 Å². The van der Waals surface area contributed by atoms with E-state index >= 15 is 0 Å². The zero-order chi connectivity index (χ0) is 23.0. The first-order valence-electron chi connectivity index (χ1n) is 11.4. The summed E-state index contributed by atoms with van der Waals surface area (Å²) in [6.07, 6.45) is 2.74. The van der Waals surface area contributed by atoms with Gasteiger partial charge in [0.25, 0.3) is 5.91 Å². The minimum Gasteiger partial charge on any atom is -0.497 e. The number of nitrogens with zero attached hydrogens (tertiary/aromatic N) is 3. The van der Waals surface area contributed by atoms with Gasteiger partial charge < -0.3 is 14.3 Å². The minimum absolute atomic E-state index is 0.0316. The molecule has 0 aliphatic carbocycles. The Morgan fingerprint density at radius 2 is 1.85 bits per heavy atom. The zero-order valence-corrected chi connectivity index (χ0v) is 19.3. The number of hydrogen-bond donors (Lipinski definition) is 0. The van der Waals surface area contributed by atoms with Crippen LogP contribution < -0.4 is 9.64 Å². The summed E-state index contributed by atoms with van der Waals surface area (Å²) in [5.41, 5.74) is 3.27. The lowest BCUT2D eigenvalue weighted by molar-refractivity contribution is -0.119. The van der Waals surface area contributed by atoms with E-state index in [2.05, 4.69) is 10.1 Å². The first kappa shape index (κ1) is 23.0. The number of benzene rings is 2. The summed E-state index contributed by atoms with van der Waals surface area (Å²) in [4.78, 5) is 22.8. The van der Waals surface area contributed by atoms with Gasteiger partial charge in [0.2, 0.25) is 0 Å². The number of anilines is 1. The normalized spacial score (nSPS) is 20.6. The highest BCUT2D eigenvalue weighted by atomic mass is 16.6. The quantitative estimate of drug-likeness (QED) is 0.191. The van der Waals surface area contributed by atoms with E-state index in [0.29, 0.717) is 17.9 Å². The molecule has 2 aromatic rings. The van der Waals surface area contributed by atoms with Gasteiger partial charge in [-0.1, -0.05) is 35.5 Å². The molecule has 0 aromatic heterocycles. The second-order valence-corrected chi connectivity index (χ2v) is 8.16. The van der Waals surface area contributed by atoms with Gasteiger partial charge in [0, 0.05) is 30.9 Å². The number of oxime groups is 1. The van der Waals surface area contributed by atoms with E-state index < -0.39 is 0 Å². The maximum atomic E-state index is 13.1. The molecule has 2 heterocycles. The van der Waals surface area contributed by atoms with Crippen LogP contribution in [0.15, 0.2) is 71.4 Å². The van der Waals surface area contributed by atoms with E-state index in [1.165, 1.54) is 0 Å². The van der Waals surface area contributed by atoms with Crippen molar-refractivity contribution in [2.24, 2.45) is 5.16 Å².